The summed E-state index contributed by atoms with van der Waals surface area (Å²) in [6.07, 6.45) is -6.74. The van der Waals surface area contributed by atoms with Crippen molar-refractivity contribution in [3.63, 3.8) is 0 Å². The number of benzene rings is 3. The Hall–Kier alpha value is -5.34. The summed E-state index contributed by atoms with van der Waals surface area (Å²) in [7, 11) is 0. The number of hydrogen-bond acceptors (Lipinski definition) is 10. The fraction of sp³-hybridized carbons (Fsp3) is 0.457. The lowest BCUT2D eigenvalue weighted by molar-refractivity contribution is -0.262. The molecule has 1 heterocycles. The van der Waals surface area contributed by atoms with Crippen LogP contribution in [0.3, 0.4) is 0 Å². The summed E-state index contributed by atoms with van der Waals surface area (Å²) in [5.41, 5.74) is 30.2. The van der Waals surface area contributed by atoms with Gasteiger partial charge in [0.05, 0.1) is 55.7 Å². The summed E-state index contributed by atoms with van der Waals surface area (Å²) >= 11 is 0. The van der Waals surface area contributed by atoms with Gasteiger partial charge in [-0.15, -0.1) is 0 Å². The summed E-state index contributed by atoms with van der Waals surface area (Å²) in [5, 5.41) is 33.0. The second-order valence-electron chi connectivity index (χ2n) is 12.5. The number of aliphatic hydroxyl groups is 2. The first kappa shape index (κ1) is 37.9. The highest BCUT2D eigenvalue weighted by molar-refractivity contribution is 5.68. The van der Waals surface area contributed by atoms with Crippen LogP contribution in [0.25, 0.3) is 31.3 Å². The van der Waals surface area contributed by atoms with Crippen molar-refractivity contribution < 1.29 is 34.0 Å². The van der Waals surface area contributed by atoms with Crippen LogP contribution in [0.1, 0.15) is 36.0 Å². The Kier molecular flexibility index (Phi) is 14.1. The summed E-state index contributed by atoms with van der Waals surface area (Å²) in [6.45, 7) is 0.437. The van der Waals surface area contributed by atoms with Crippen LogP contribution >= 0.6 is 0 Å². The summed E-state index contributed by atoms with van der Waals surface area (Å²) in [6, 6.07) is 24.4. The highest BCUT2D eigenvalue weighted by Gasteiger charge is 2.47. The Labute approximate surface area is 299 Å². The van der Waals surface area contributed by atoms with Gasteiger partial charge in [-0.2, -0.15) is 0 Å². The van der Waals surface area contributed by atoms with Crippen molar-refractivity contribution >= 4 is 6.09 Å². The number of carbonyl (C=O) groups is 1. The molecule has 1 aliphatic carbocycles. The van der Waals surface area contributed by atoms with E-state index >= 15 is 0 Å². The zero-order valence-corrected chi connectivity index (χ0v) is 28.2. The zero-order valence-electron chi connectivity index (χ0n) is 28.2. The van der Waals surface area contributed by atoms with Crippen molar-refractivity contribution in [2.75, 3.05) is 6.61 Å². The molecule has 3 aromatic carbocycles. The molecule has 2 N–H and O–H groups in total. The largest absolute Gasteiger partial charge is 0.445 e. The maximum absolute atomic E-state index is 14.0. The third-order valence-electron chi connectivity index (χ3n) is 9.07. The molecule has 1 saturated heterocycles. The van der Waals surface area contributed by atoms with Crippen LogP contribution < -0.4 is 0 Å². The predicted molar refractivity (Wildman–Crippen MR) is 187 cm³/mol. The van der Waals surface area contributed by atoms with Crippen LogP contribution in [0, 0.1) is 0 Å². The van der Waals surface area contributed by atoms with Gasteiger partial charge in [-0.1, -0.05) is 106 Å². The number of nitrogens with zero attached hydrogens (tertiary/aromatic N) is 10. The number of rotatable bonds is 15. The molecule has 0 aromatic heterocycles. The lowest BCUT2D eigenvalue weighted by atomic mass is 9.84. The smallest absolute Gasteiger partial charge is 0.410 e. The van der Waals surface area contributed by atoms with Gasteiger partial charge in [0, 0.05) is 21.3 Å². The maximum Gasteiger partial charge on any atom is 0.410 e. The molecule has 1 unspecified atom stereocenters. The van der Waals surface area contributed by atoms with Crippen molar-refractivity contribution in [1.82, 2.24) is 4.90 Å². The van der Waals surface area contributed by atoms with Crippen molar-refractivity contribution in [3.8, 4) is 0 Å². The van der Waals surface area contributed by atoms with Gasteiger partial charge < -0.3 is 29.2 Å². The minimum absolute atomic E-state index is 0.0195. The summed E-state index contributed by atoms with van der Waals surface area (Å²) in [5.74, 6) is 0. The highest BCUT2D eigenvalue weighted by Crippen LogP contribution is 2.34. The zero-order chi connectivity index (χ0) is 36.7. The molecule has 272 valence electrons. The van der Waals surface area contributed by atoms with Gasteiger partial charge in [0.1, 0.15) is 12.7 Å². The molecule has 1 saturated carbocycles. The first-order valence-electron chi connectivity index (χ1n) is 16.8. The van der Waals surface area contributed by atoms with Gasteiger partial charge in [0.15, 0.2) is 6.29 Å². The van der Waals surface area contributed by atoms with Crippen LogP contribution in [0.15, 0.2) is 106 Å². The lowest BCUT2D eigenvalue weighted by Gasteiger charge is -2.45. The summed E-state index contributed by atoms with van der Waals surface area (Å²) < 4.78 is 24.8. The molecule has 5 rings (SSSR count). The van der Waals surface area contributed by atoms with Gasteiger partial charge in [-0.05, 0) is 52.5 Å². The van der Waals surface area contributed by atoms with Gasteiger partial charge in [-0.3, -0.25) is 4.90 Å². The molecule has 1 amide bonds. The topological polar surface area (TPSA) is 244 Å². The third-order valence-corrected chi connectivity index (χ3v) is 9.07. The Balaban J connectivity index is 1.45. The van der Waals surface area contributed by atoms with Crippen molar-refractivity contribution in [1.29, 1.82) is 0 Å². The van der Waals surface area contributed by atoms with E-state index in [1.165, 1.54) is 0 Å². The number of azide groups is 3. The molecule has 17 nitrogen and oxygen atoms in total. The minimum Gasteiger partial charge on any atom is -0.445 e. The standard InChI is InChI=1S/C35H40N10O7/c36-42-39-26-16-17-30(51-34(26)52-33-28(41-44-38)18-27(40-43-37)31(46)32(33)47)29(22-49-20-24-12-6-2-7-13-24)45(19-23-10-4-1-5-11-23)35(48)50-21-25-14-8-3-9-15-25/h1-15,26-34,46-47H,16-22H2/t26-,27-,28+,29?,30+,31+,32-,33-,34-/m1/s1. The molecule has 2 fully saturated rings. The molecule has 0 spiro atoms. The van der Waals surface area contributed by atoms with E-state index in [1.54, 1.807) is 4.90 Å². The van der Waals surface area contributed by atoms with Crippen LogP contribution in [-0.2, 0) is 38.7 Å². The fourth-order valence-electron chi connectivity index (χ4n) is 6.41. The van der Waals surface area contributed by atoms with Crippen molar-refractivity contribution in [3.05, 3.63) is 139 Å². The lowest BCUT2D eigenvalue weighted by Crippen LogP contribution is -2.59. The van der Waals surface area contributed by atoms with Crippen LogP contribution in [-0.4, -0.2) is 82.7 Å². The second-order valence-corrected chi connectivity index (χ2v) is 12.5. The van der Waals surface area contributed by atoms with Crippen molar-refractivity contribution in [2.45, 2.75) is 93.9 Å². The first-order chi connectivity index (χ1) is 25.4. The number of ether oxygens (including phenoxy) is 4. The SMILES string of the molecule is [N-]=[N+]=N[C@H]1C[C@@H](N=[N+]=[N-])[C@H](O)[C@@H](O)[C@@H]1O[C@H]1O[C@H](C(COCc2ccccc2)N(Cc2ccccc2)C(=O)OCc2ccccc2)CC[C@H]1N=[N+]=[N-]. The van der Waals surface area contributed by atoms with Gasteiger partial charge in [0.2, 0.25) is 0 Å². The first-order valence-corrected chi connectivity index (χ1v) is 16.8. The molecular formula is C35H40N10O7. The van der Waals surface area contributed by atoms with Gasteiger partial charge in [-0.25, -0.2) is 4.79 Å². The van der Waals surface area contributed by atoms with E-state index < -0.39 is 61.0 Å². The van der Waals surface area contributed by atoms with Gasteiger partial charge >= 0.3 is 6.09 Å². The predicted octanol–water partition coefficient (Wildman–Crippen LogP) is 6.46. The van der Waals surface area contributed by atoms with Crippen LogP contribution in [0.4, 0.5) is 4.79 Å². The summed E-state index contributed by atoms with van der Waals surface area (Å²) in [4.78, 5) is 24.1. The van der Waals surface area contributed by atoms with E-state index in [4.69, 9.17) is 24.5 Å². The minimum atomic E-state index is -1.65. The average molecular weight is 713 g/mol. The highest BCUT2D eigenvalue weighted by atomic mass is 16.7. The van der Waals surface area contributed by atoms with E-state index in [2.05, 4.69) is 30.1 Å². The normalized spacial score (nSPS) is 26.0. The molecule has 52 heavy (non-hydrogen) atoms. The average Bonchev–Trinajstić information content (AvgIpc) is 3.17. The third kappa shape index (κ3) is 10.1. The van der Waals surface area contributed by atoms with E-state index in [0.29, 0.717) is 6.42 Å². The Morgan fingerprint density at radius 1 is 0.769 bits per heavy atom. The Morgan fingerprint density at radius 2 is 1.33 bits per heavy atom. The molecule has 3 aromatic rings. The van der Waals surface area contributed by atoms with Crippen LogP contribution in [0.2, 0.25) is 0 Å². The number of hydrogen-bond donors (Lipinski definition) is 2. The van der Waals surface area contributed by atoms with E-state index in [-0.39, 0.29) is 39.2 Å². The molecule has 17 heteroatoms. The quantitative estimate of drug-likeness (QED) is 0.101. The van der Waals surface area contributed by atoms with E-state index in [0.717, 1.165) is 16.7 Å². The second kappa shape index (κ2) is 19.3. The van der Waals surface area contributed by atoms with E-state index in [1.807, 2.05) is 91.0 Å². The Morgan fingerprint density at radius 3 is 1.94 bits per heavy atom. The van der Waals surface area contributed by atoms with Crippen LogP contribution in [0.5, 0.6) is 0 Å². The molecule has 1 aliphatic heterocycles. The number of amides is 1. The van der Waals surface area contributed by atoms with Crippen molar-refractivity contribution in [2.24, 2.45) is 15.3 Å². The van der Waals surface area contributed by atoms with E-state index in [9.17, 15) is 26.1 Å². The number of carbonyl (C=O) groups excluding carboxylic acids is 1. The van der Waals surface area contributed by atoms with Gasteiger partial charge in [0.25, 0.3) is 0 Å². The monoisotopic (exact) mass is 712 g/mol. The molecule has 2 aliphatic rings. The molecular weight excluding hydrogens is 672 g/mol. The maximum atomic E-state index is 14.0. The molecule has 0 bridgehead atoms. The molecule has 9 atom stereocenters. The number of aliphatic hydroxyl groups excluding tert-OH is 2. The fourth-order valence-corrected chi connectivity index (χ4v) is 6.41. The molecule has 0 radical (unpaired) electrons. The Bertz CT molecular complexity index is 1720.